The Balaban J connectivity index is 1.87. The molecule has 0 saturated carbocycles. The summed E-state index contributed by atoms with van der Waals surface area (Å²) >= 11 is 1.55. The van der Waals surface area contributed by atoms with Gasteiger partial charge in [0.2, 0.25) is 0 Å². The smallest absolute Gasteiger partial charge is 0.270 e. The van der Waals surface area contributed by atoms with Gasteiger partial charge < -0.3 is 9.32 Å². The van der Waals surface area contributed by atoms with Crippen LogP contribution < -0.4 is 0 Å². The van der Waals surface area contributed by atoms with Gasteiger partial charge in [-0.3, -0.25) is 14.9 Å². The summed E-state index contributed by atoms with van der Waals surface area (Å²) in [5.41, 5.74) is 0.183. The Kier molecular flexibility index (Phi) is 4.72. The number of furan rings is 1. The van der Waals surface area contributed by atoms with E-state index in [0.29, 0.717) is 18.8 Å². The molecule has 0 unspecified atom stereocenters. The maximum absolute atomic E-state index is 12.8. The quantitative estimate of drug-likeness (QED) is 0.499. The molecule has 1 amide bonds. The number of rotatable bonds is 6. The maximum Gasteiger partial charge on any atom is 0.270 e. The highest BCUT2D eigenvalue weighted by molar-refractivity contribution is 7.09. The van der Waals surface area contributed by atoms with Crippen LogP contribution in [0, 0.1) is 10.1 Å². The predicted octanol–water partition coefficient (Wildman–Crippen LogP) is 4.09. The van der Waals surface area contributed by atoms with E-state index in [1.54, 1.807) is 40.7 Å². The number of benzene rings is 1. The summed E-state index contributed by atoms with van der Waals surface area (Å²) in [6, 6.07) is 13.2. The highest BCUT2D eigenvalue weighted by Gasteiger charge is 2.20. The van der Waals surface area contributed by atoms with Gasteiger partial charge in [-0.2, -0.15) is 0 Å². The summed E-state index contributed by atoms with van der Waals surface area (Å²) in [4.78, 5) is 25.9. The van der Waals surface area contributed by atoms with Crippen LogP contribution in [0.2, 0.25) is 0 Å². The van der Waals surface area contributed by atoms with Crippen LogP contribution in [0.1, 0.15) is 21.0 Å². The Labute approximate surface area is 142 Å². The molecule has 0 bridgehead atoms. The zero-order valence-electron chi connectivity index (χ0n) is 12.6. The molecule has 0 saturated heterocycles. The second kappa shape index (κ2) is 7.10. The molecule has 0 spiro atoms. The molecule has 1 aromatic carbocycles. The number of carbonyl (C=O) groups is 1. The topological polar surface area (TPSA) is 76.6 Å². The molecule has 122 valence electrons. The number of nitro benzene ring substituents is 1. The van der Waals surface area contributed by atoms with Gasteiger partial charge in [0.1, 0.15) is 5.76 Å². The monoisotopic (exact) mass is 342 g/mol. The van der Waals surface area contributed by atoms with Gasteiger partial charge >= 0.3 is 0 Å². The first kappa shape index (κ1) is 15.9. The Morgan fingerprint density at radius 1 is 1.17 bits per heavy atom. The number of hydrogen-bond donors (Lipinski definition) is 0. The lowest BCUT2D eigenvalue weighted by Crippen LogP contribution is -2.29. The lowest BCUT2D eigenvalue weighted by molar-refractivity contribution is -0.384. The Bertz CT molecular complexity index is 792. The highest BCUT2D eigenvalue weighted by Crippen LogP contribution is 2.20. The van der Waals surface area contributed by atoms with Crippen LogP contribution in [-0.2, 0) is 13.1 Å². The van der Waals surface area contributed by atoms with Crippen molar-refractivity contribution < 1.29 is 14.1 Å². The molecular weight excluding hydrogens is 328 g/mol. The summed E-state index contributed by atoms with van der Waals surface area (Å²) in [7, 11) is 0. The largest absolute Gasteiger partial charge is 0.467 e. The second-order valence-corrected chi connectivity index (χ2v) is 6.16. The van der Waals surface area contributed by atoms with Crippen LogP contribution in [0.25, 0.3) is 0 Å². The number of nitrogens with zero attached hydrogens (tertiary/aromatic N) is 2. The Hall–Kier alpha value is -2.93. The van der Waals surface area contributed by atoms with Crippen molar-refractivity contribution in [1.82, 2.24) is 4.90 Å². The molecule has 2 heterocycles. The first-order valence-corrected chi connectivity index (χ1v) is 8.10. The molecule has 24 heavy (non-hydrogen) atoms. The van der Waals surface area contributed by atoms with Crippen molar-refractivity contribution >= 4 is 22.9 Å². The zero-order valence-corrected chi connectivity index (χ0v) is 13.4. The molecule has 3 rings (SSSR count). The third-order valence-corrected chi connectivity index (χ3v) is 4.31. The SMILES string of the molecule is O=C(c1cccc([N+](=O)[O-])c1)N(Cc1ccco1)Cc1cccs1. The molecule has 0 fully saturated rings. The summed E-state index contributed by atoms with van der Waals surface area (Å²) in [6.07, 6.45) is 1.55. The standard InChI is InChI=1S/C17H14N2O4S/c20-17(13-4-1-5-14(10-13)19(21)22)18(11-15-6-2-8-23-15)12-16-7-3-9-24-16/h1-10H,11-12H2. The maximum atomic E-state index is 12.8. The molecule has 0 aliphatic rings. The van der Waals surface area contributed by atoms with Crippen LogP contribution in [0.15, 0.2) is 64.6 Å². The van der Waals surface area contributed by atoms with Crippen molar-refractivity contribution in [2.75, 3.05) is 0 Å². The fraction of sp³-hybridized carbons (Fsp3) is 0.118. The van der Waals surface area contributed by atoms with Crippen LogP contribution in [0.4, 0.5) is 5.69 Å². The lowest BCUT2D eigenvalue weighted by Gasteiger charge is -2.21. The van der Waals surface area contributed by atoms with Gasteiger partial charge in [-0.25, -0.2) is 0 Å². The Morgan fingerprint density at radius 3 is 2.71 bits per heavy atom. The molecule has 7 heteroatoms. The fourth-order valence-electron chi connectivity index (χ4n) is 2.32. The van der Waals surface area contributed by atoms with E-state index in [0.717, 1.165) is 4.88 Å². The van der Waals surface area contributed by atoms with Crippen LogP contribution >= 0.6 is 11.3 Å². The summed E-state index contributed by atoms with van der Waals surface area (Å²) in [5, 5.41) is 12.9. The molecule has 6 nitrogen and oxygen atoms in total. The van der Waals surface area contributed by atoms with E-state index in [-0.39, 0.29) is 17.2 Å². The van der Waals surface area contributed by atoms with Crippen molar-refractivity contribution in [3.05, 3.63) is 86.5 Å². The summed E-state index contributed by atoms with van der Waals surface area (Å²) in [6.45, 7) is 0.715. The number of non-ortho nitro benzene ring substituents is 1. The highest BCUT2D eigenvalue weighted by atomic mass is 32.1. The minimum Gasteiger partial charge on any atom is -0.467 e. The molecule has 0 atom stereocenters. The van der Waals surface area contributed by atoms with Crippen LogP contribution in [0.5, 0.6) is 0 Å². The van der Waals surface area contributed by atoms with Crippen molar-refractivity contribution in [2.24, 2.45) is 0 Å². The number of hydrogen-bond acceptors (Lipinski definition) is 5. The third-order valence-electron chi connectivity index (χ3n) is 3.44. The van der Waals surface area contributed by atoms with Gasteiger partial charge in [-0.15, -0.1) is 11.3 Å². The number of amides is 1. The number of carbonyl (C=O) groups excluding carboxylic acids is 1. The Morgan fingerprint density at radius 2 is 2.04 bits per heavy atom. The number of thiophene rings is 1. The van der Waals surface area contributed by atoms with Crippen LogP contribution in [-0.4, -0.2) is 15.7 Å². The van der Waals surface area contributed by atoms with Gasteiger partial charge in [0.25, 0.3) is 11.6 Å². The van der Waals surface area contributed by atoms with E-state index in [4.69, 9.17) is 4.42 Å². The van der Waals surface area contributed by atoms with Gasteiger partial charge in [0, 0.05) is 22.6 Å². The molecule has 0 radical (unpaired) electrons. The van der Waals surface area contributed by atoms with Gasteiger partial charge in [0.05, 0.1) is 24.3 Å². The summed E-state index contributed by atoms with van der Waals surface area (Å²) in [5.74, 6) is 0.383. The van der Waals surface area contributed by atoms with E-state index >= 15 is 0 Å². The van der Waals surface area contributed by atoms with E-state index in [9.17, 15) is 14.9 Å². The van der Waals surface area contributed by atoms with Crippen molar-refractivity contribution in [2.45, 2.75) is 13.1 Å². The van der Waals surface area contributed by atoms with Crippen molar-refractivity contribution in [3.63, 3.8) is 0 Å². The summed E-state index contributed by atoms with van der Waals surface area (Å²) < 4.78 is 5.33. The van der Waals surface area contributed by atoms with E-state index in [2.05, 4.69) is 0 Å². The second-order valence-electron chi connectivity index (χ2n) is 5.13. The van der Waals surface area contributed by atoms with E-state index in [1.165, 1.54) is 18.2 Å². The van der Waals surface area contributed by atoms with E-state index < -0.39 is 4.92 Å². The van der Waals surface area contributed by atoms with Gasteiger partial charge in [-0.1, -0.05) is 12.1 Å². The van der Waals surface area contributed by atoms with E-state index in [1.807, 2.05) is 17.5 Å². The average Bonchev–Trinajstić information content (AvgIpc) is 3.27. The fourth-order valence-corrected chi connectivity index (χ4v) is 3.04. The molecule has 3 aromatic rings. The van der Waals surface area contributed by atoms with Crippen LogP contribution in [0.3, 0.4) is 0 Å². The van der Waals surface area contributed by atoms with Crippen molar-refractivity contribution in [3.8, 4) is 0 Å². The molecule has 0 aliphatic heterocycles. The first-order chi connectivity index (χ1) is 11.6. The molecule has 0 aliphatic carbocycles. The number of nitro groups is 1. The predicted molar refractivity (Wildman–Crippen MR) is 89.7 cm³/mol. The van der Waals surface area contributed by atoms with Gasteiger partial charge in [0.15, 0.2) is 0 Å². The average molecular weight is 342 g/mol. The normalized spacial score (nSPS) is 10.5. The first-order valence-electron chi connectivity index (χ1n) is 7.22. The zero-order chi connectivity index (χ0) is 16.9. The van der Waals surface area contributed by atoms with Crippen molar-refractivity contribution in [1.29, 1.82) is 0 Å². The third kappa shape index (κ3) is 3.69. The minimum atomic E-state index is -0.507. The lowest BCUT2D eigenvalue weighted by atomic mass is 10.1. The van der Waals surface area contributed by atoms with Gasteiger partial charge in [-0.05, 0) is 29.6 Å². The molecule has 0 N–H and O–H groups in total. The molecule has 2 aromatic heterocycles. The molecular formula is C17H14N2O4S. The minimum absolute atomic E-state index is 0.102.